The molecule has 7 nitrogen and oxygen atoms in total. The zero-order valence-electron chi connectivity index (χ0n) is 18.3. The van der Waals surface area contributed by atoms with Gasteiger partial charge in [0, 0.05) is 37.0 Å². The molecule has 1 aromatic carbocycles. The van der Waals surface area contributed by atoms with Crippen molar-refractivity contribution in [3.63, 3.8) is 0 Å². The second-order valence-corrected chi connectivity index (χ2v) is 8.60. The van der Waals surface area contributed by atoms with E-state index < -0.39 is 11.7 Å². The van der Waals surface area contributed by atoms with Crippen LogP contribution in [0.3, 0.4) is 0 Å². The van der Waals surface area contributed by atoms with Crippen LogP contribution < -0.4 is 10.6 Å². The molecule has 0 aliphatic heterocycles. The smallest absolute Gasteiger partial charge is 0.256 e. The Balaban J connectivity index is 1.84. The molecule has 0 radical (unpaired) electrons. The van der Waals surface area contributed by atoms with E-state index in [1.807, 2.05) is 20.8 Å². The average molecular weight is 423 g/mol. The second-order valence-electron chi connectivity index (χ2n) is 8.60. The minimum Gasteiger partial charge on any atom is -0.351 e. The Morgan fingerprint density at radius 1 is 1.10 bits per heavy atom. The van der Waals surface area contributed by atoms with Crippen molar-refractivity contribution in [2.75, 3.05) is 11.9 Å². The minimum absolute atomic E-state index is 0.0336. The SMILES string of the molecule is Cc1c(F)cc(C(=O)Nc2ccnn2C)cc1-c1ccc(C(=O)NCC(C)(C)C)cn1. The average Bonchev–Trinajstić information content (AvgIpc) is 3.12. The summed E-state index contributed by atoms with van der Waals surface area (Å²) >= 11 is 0. The van der Waals surface area contributed by atoms with Crippen molar-refractivity contribution in [2.24, 2.45) is 12.5 Å². The van der Waals surface area contributed by atoms with Crippen LogP contribution in [0.5, 0.6) is 0 Å². The van der Waals surface area contributed by atoms with Gasteiger partial charge in [0.1, 0.15) is 11.6 Å². The first-order valence-corrected chi connectivity index (χ1v) is 9.89. The van der Waals surface area contributed by atoms with Gasteiger partial charge in [0.05, 0.1) is 17.5 Å². The highest BCUT2D eigenvalue weighted by molar-refractivity contribution is 6.04. The summed E-state index contributed by atoms with van der Waals surface area (Å²) in [7, 11) is 1.69. The Bertz CT molecular complexity index is 1110. The molecule has 0 saturated heterocycles. The molecule has 0 unspecified atom stereocenters. The second kappa shape index (κ2) is 8.67. The molecule has 2 amide bonds. The van der Waals surface area contributed by atoms with Crippen molar-refractivity contribution < 1.29 is 14.0 Å². The van der Waals surface area contributed by atoms with E-state index in [4.69, 9.17) is 0 Å². The summed E-state index contributed by atoms with van der Waals surface area (Å²) in [6.07, 6.45) is 3.01. The predicted octanol–water partition coefficient (Wildman–Crippen LogP) is 3.96. The molecule has 0 atom stereocenters. The number of carbonyl (C=O) groups excluding carboxylic acids is 2. The fraction of sp³-hybridized carbons (Fsp3) is 0.304. The molecule has 8 heteroatoms. The first kappa shape index (κ1) is 22.1. The summed E-state index contributed by atoms with van der Waals surface area (Å²) in [4.78, 5) is 29.3. The van der Waals surface area contributed by atoms with E-state index in [2.05, 4.69) is 20.7 Å². The van der Waals surface area contributed by atoms with Gasteiger partial charge in [-0.25, -0.2) is 4.39 Å². The standard InChI is InChI=1S/C23H26FN5O2/c1-14-17(19-7-6-15(12-25-19)21(30)26-13-23(2,3)4)10-16(11-18(14)24)22(31)28-20-8-9-27-29(20)5/h6-12H,13H2,1-5H3,(H,26,30)(H,28,31). The number of halogens is 1. The first-order valence-electron chi connectivity index (χ1n) is 9.89. The maximum atomic E-state index is 14.6. The fourth-order valence-electron chi connectivity index (χ4n) is 2.90. The predicted molar refractivity (Wildman–Crippen MR) is 117 cm³/mol. The lowest BCUT2D eigenvalue weighted by atomic mass is 9.97. The van der Waals surface area contributed by atoms with Crippen molar-refractivity contribution in [2.45, 2.75) is 27.7 Å². The van der Waals surface area contributed by atoms with Gasteiger partial charge in [-0.05, 0) is 42.2 Å². The van der Waals surface area contributed by atoms with Crippen LogP contribution in [0.25, 0.3) is 11.3 Å². The lowest BCUT2D eigenvalue weighted by Crippen LogP contribution is -2.32. The van der Waals surface area contributed by atoms with Gasteiger partial charge in [-0.15, -0.1) is 0 Å². The highest BCUT2D eigenvalue weighted by atomic mass is 19.1. The highest BCUT2D eigenvalue weighted by Gasteiger charge is 2.17. The van der Waals surface area contributed by atoms with E-state index in [-0.39, 0.29) is 16.9 Å². The summed E-state index contributed by atoms with van der Waals surface area (Å²) in [5.74, 6) is -0.694. The minimum atomic E-state index is -0.513. The maximum absolute atomic E-state index is 14.6. The van der Waals surface area contributed by atoms with Crippen LogP contribution >= 0.6 is 0 Å². The van der Waals surface area contributed by atoms with E-state index >= 15 is 0 Å². The van der Waals surface area contributed by atoms with E-state index in [1.54, 1.807) is 44.4 Å². The Morgan fingerprint density at radius 2 is 1.84 bits per heavy atom. The third kappa shape index (κ3) is 5.33. The molecular weight excluding hydrogens is 397 g/mol. The third-order valence-corrected chi connectivity index (χ3v) is 4.75. The lowest BCUT2D eigenvalue weighted by Gasteiger charge is -2.18. The lowest BCUT2D eigenvalue weighted by molar-refractivity contribution is 0.0938. The largest absolute Gasteiger partial charge is 0.351 e. The number of hydrogen-bond acceptors (Lipinski definition) is 4. The molecule has 3 rings (SSSR count). The molecule has 0 fully saturated rings. The molecule has 0 spiro atoms. The van der Waals surface area contributed by atoms with E-state index in [1.165, 1.54) is 16.9 Å². The van der Waals surface area contributed by atoms with Crippen LogP contribution in [0.4, 0.5) is 10.2 Å². The number of carbonyl (C=O) groups is 2. The van der Waals surface area contributed by atoms with Crippen LogP contribution in [0.1, 0.15) is 47.1 Å². The quantitative estimate of drug-likeness (QED) is 0.650. The molecule has 31 heavy (non-hydrogen) atoms. The van der Waals surface area contributed by atoms with Crippen LogP contribution in [-0.2, 0) is 7.05 Å². The summed E-state index contributed by atoms with van der Waals surface area (Å²) in [6, 6.07) is 7.72. The number of aryl methyl sites for hydroxylation is 1. The van der Waals surface area contributed by atoms with Crippen LogP contribution in [0, 0.1) is 18.2 Å². The number of aromatic nitrogens is 3. The van der Waals surface area contributed by atoms with Gasteiger partial charge in [0.2, 0.25) is 0 Å². The van der Waals surface area contributed by atoms with Gasteiger partial charge in [-0.3, -0.25) is 19.3 Å². The van der Waals surface area contributed by atoms with Gasteiger partial charge in [-0.2, -0.15) is 5.10 Å². The summed E-state index contributed by atoms with van der Waals surface area (Å²) in [5, 5.41) is 9.57. The summed E-state index contributed by atoms with van der Waals surface area (Å²) in [6.45, 7) is 8.25. The molecule has 2 heterocycles. The fourth-order valence-corrected chi connectivity index (χ4v) is 2.90. The van der Waals surface area contributed by atoms with Crippen LogP contribution in [0.15, 0.2) is 42.7 Å². The number of nitrogens with one attached hydrogen (secondary N) is 2. The zero-order chi connectivity index (χ0) is 22.8. The number of rotatable bonds is 5. The van der Waals surface area contributed by atoms with Gasteiger partial charge < -0.3 is 10.6 Å². The number of nitrogens with zero attached hydrogens (tertiary/aromatic N) is 3. The van der Waals surface area contributed by atoms with Gasteiger partial charge in [0.25, 0.3) is 11.8 Å². The molecule has 2 N–H and O–H groups in total. The van der Waals surface area contributed by atoms with Crippen molar-refractivity contribution in [1.82, 2.24) is 20.1 Å². The maximum Gasteiger partial charge on any atom is 0.256 e. The summed E-state index contributed by atoms with van der Waals surface area (Å²) < 4.78 is 16.1. The van der Waals surface area contributed by atoms with E-state index in [0.29, 0.717) is 34.7 Å². The molecule has 2 aromatic heterocycles. The molecule has 0 aliphatic rings. The Kier molecular flexibility index (Phi) is 6.19. The van der Waals surface area contributed by atoms with Crippen molar-refractivity contribution in [1.29, 1.82) is 0 Å². The topological polar surface area (TPSA) is 88.9 Å². The normalized spacial score (nSPS) is 11.3. The Morgan fingerprint density at radius 3 is 2.42 bits per heavy atom. The first-order chi connectivity index (χ1) is 14.5. The van der Waals surface area contributed by atoms with E-state index in [0.717, 1.165) is 0 Å². The van der Waals surface area contributed by atoms with Gasteiger partial charge >= 0.3 is 0 Å². The van der Waals surface area contributed by atoms with Crippen molar-refractivity contribution in [3.8, 4) is 11.3 Å². The Labute approximate surface area is 180 Å². The number of amides is 2. The van der Waals surface area contributed by atoms with Crippen LogP contribution in [0.2, 0.25) is 0 Å². The number of benzene rings is 1. The monoisotopic (exact) mass is 423 g/mol. The Hall–Kier alpha value is -3.55. The molecule has 162 valence electrons. The van der Waals surface area contributed by atoms with Crippen molar-refractivity contribution in [3.05, 3.63) is 65.2 Å². The molecule has 3 aromatic rings. The summed E-state index contributed by atoms with van der Waals surface area (Å²) in [5.41, 5.74) is 1.86. The van der Waals surface area contributed by atoms with Gasteiger partial charge in [-0.1, -0.05) is 20.8 Å². The van der Waals surface area contributed by atoms with E-state index in [9.17, 15) is 14.0 Å². The number of pyridine rings is 1. The number of hydrogen-bond donors (Lipinski definition) is 2. The molecule has 0 bridgehead atoms. The third-order valence-electron chi connectivity index (χ3n) is 4.75. The molecule has 0 saturated carbocycles. The molecular formula is C23H26FN5O2. The van der Waals surface area contributed by atoms with Gasteiger partial charge in [0.15, 0.2) is 0 Å². The zero-order valence-corrected chi connectivity index (χ0v) is 18.3. The van der Waals surface area contributed by atoms with Crippen LogP contribution in [-0.4, -0.2) is 33.1 Å². The molecule has 0 aliphatic carbocycles. The highest BCUT2D eigenvalue weighted by Crippen LogP contribution is 2.26. The number of anilines is 1. The van der Waals surface area contributed by atoms with Crippen molar-refractivity contribution >= 4 is 17.6 Å².